The zero-order valence-corrected chi connectivity index (χ0v) is 20.4. The molecule has 5 rings (SSSR count). The first-order valence-electron chi connectivity index (χ1n) is 10.9. The van der Waals surface area contributed by atoms with Crippen molar-refractivity contribution in [1.29, 1.82) is 0 Å². The summed E-state index contributed by atoms with van der Waals surface area (Å²) in [7, 11) is 0. The molecule has 4 aromatic heterocycles. The van der Waals surface area contributed by atoms with Crippen molar-refractivity contribution in [3.8, 4) is 20.2 Å². The van der Waals surface area contributed by atoms with E-state index in [4.69, 9.17) is 11.7 Å². The van der Waals surface area contributed by atoms with Crippen molar-refractivity contribution in [1.82, 2.24) is 9.97 Å². The Labute approximate surface area is 215 Å². The number of benzene rings is 1. The molecule has 8 heteroatoms. The monoisotopic (exact) mass is 506 g/mol. The van der Waals surface area contributed by atoms with Crippen molar-refractivity contribution in [3.05, 3.63) is 120 Å². The molecule has 6 nitrogen and oxygen atoms in total. The summed E-state index contributed by atoms with van der Waals surface area (Å²) in [5.41, 5.74) is 3.86. The largest absolute Gasteiger partial charge is 0.486 e. The van der Waals surface area contributed by atoms with E-state index in [0.717, 1.165) is 42.1 Å². The summed E-state index contributed by atoms with van der Waals surface area (Å²) >= 11 is 3.14. The van der Waals surface area contributed by atoms with E-state index >= 15 is 0 Å². The molecule has 0 bridgehead atoms. The number of aromatic nitrogens is 2. The van der Waals surface area contributed by atoms with Crippen molar-refractivity contribution < 1.29 is 9.90 Å². The SMILES string of the molecule is [C-]#[N+]/C(=C\c1ccc(-c2ccc(-c3ccc(N(c4ccncc4)c4ccncc4)cc3)s2)s1)C(=O)O. The predicted octanol–water partition coefficient (Wildman–Crippen LogP) is 7.75. The van der Waals surface area contributed by atoms with Crippen LogP contribution in [0.1, 0.15) is 4.88 Å². The average molecular weight is 507 g/mol. The Hall–Kier alpha value is -4.58. The highest BCUT2D eigenvalue weighted by molar-refractivity contribution is 7.24. The van der Waals surface area contributed by atoms with Gasteiger partial charge in [0.15, 0.2) is 0 Å². The van der Waals surface area contributed by atoms with Gasteiger partial charge < -0.3 is 10.0 Å². The number of nitrogens with zero attached hydrogens (tertiary/aromatic N) is 4. The fraction of sp³-hybridized carbons (Fsp3) is 0. The molecule has 0 saturated carbocycles. The maximum absolute atomic E-state index is 11.1. The molecule has 1 aromatic carbocycles. The van der Waals surface area contributed by atoms with Crippen LogP contribution in [0.4, 0.5) is 17.1 Å². The van der Waals surface area contributed by atoms with Crippen LogP contribution in [0, 0.1) is 6.57 Å². The lowest BCUT2D eigenvalue weighted by Crippen LogP contribution is -2.09. The minimum atomic E-state index is -1.21. The smallest absolute Gasteiger partial charge is 0.333 e. The molecule has 0 aliphatic carbocycles. The van der Waals surface area contributed by atoms with Crippen LogP contribution in [-0.4, -0.2) is 21.0 Å². The van der Waals surface area contributed by atoms with Gasteiger partial charge in [-0.3, -0.25) is 14.8 Å². The molecule has 0 spiro atoms. The molecule has 36 heavy (non-hydrogen) atoms. The van der Waals surface area contributed by atoms with Crippen molar-refractivity contribution in [2.75, 3.05) is 4.90 Å². The third-order valence-corrected chi connectivity index (χ3v) is 7.71. The molecular formula is C28H18N4O2S2. The van der Waals surface area contributed by atoms with Crippen molar-refractivity contribution in [2.24, 2.45) is 0 Å². The van der Waals surface area contributed by atoms with Gasteiger partial charge in [0.25, 0.3) is 5.70 Å². The highest BCUT2D eigenvalue weighted by Gasteiger charge is 2.14. The van der Waals surface area contributed by atoms with Crippen molar-refractivity contribution in [2.45, 2.75) is 0 Å². The highest BCUT2D eigenvalue weighted by Crippen LogP contribution is 2.40. The van der Waals surface area contributed by atoms with E-state index in [1.165, 1.54) is 17.4 Å². The number of rotatable bonds is 7. The highest BCUT2D eigenvalue weighted by atomic mass is 32.1. The molecule has 0 aliphatic rings. The van der Waals surface area contributed by atoms with E-state index in [1.807, 2.05) is 36.4 Å². The molecule has 0 radical (unpaired) electrons. The normalized spacial score (nSPS) is 11.1. The minimum absolute atomic E-state index is 0.289. The summed E-state index contributed by atoms with van der Waals surface area (Å²) < 4.78 is 0. The summed E-state index contributed by atoms with van der Waals surface area (Å²) in [6, 6.07) is 24.3. The second-order valence-electron chi connectivity index (χ2n) is 7.61. The Kier molecular flexibility index (Phi) is 6.67. The summed E-state index contributed by atoms with van der Waals surface area (Å²) in [5, 5.41) is 9.09. The molecule has 0 amide bonds. The molecule has 0 atom stereocenters. The number of anilines is 3. The van der Waals surface area contributed by atoms with Gasteiger partial charge in [-0.1, -0.05) is 12.1 Å². The first-order valence-corrected chi connectivity index (χ1v) is 12.5. The topological polar surface area (TPSA) is 70.7 Å². The Bertz CT molecular complexity index is 1530. The van der Waals surface area contributed by atoms with E-state index in [0.29, 0.717) is 0 Å². The third kappa shape index (κ3) is 4.93. The Balaban J connectivity index is 1.41. The second kappa shape index (κ2) is 10.4. The van der Waals surface area contributed by atoms with Crippen LogP contribution in [0.3, 0.4) is 0 Å². The molecule has 0 saturated heterocycles. The Morgan fingerprint density at radius 1 is 0.750 bits per heavy atom. The first-order chi connectivity index (χ1) is 17.6. The van der Waals surface area contributed by atoms with Gasteiger partial charge >= 0.3 is 5.97 Å². The number of hydrogen-bond acceptors (Lipinski definition) is 6. The van der Waals surface area contributed by atoms with E-state index in [1.54, 1.807) is 36.1 Å². The van der Waals surface area contributed by atoms with Gasteiger partial charge in [0, 0.05) is 61.4 Å². The lowest BCUT2D eigenvalue weighted by atomic mass is 10.1. The quantitative estimate of drug-likeness (QED) is 0.180. The van der Waals surface area contributed by atoms with Crippen LogP contribution in [0.5, 0.6) is 0 Å². The van der Waals surface area contributed by atoms with Gasteiger partial charge in [-0.25, -0.2) is 4.85 Å². The Morgan fingerprint density at radius 3 is 1.86 bits per heavy atom. The lowest BCUT2D eigenvalue weighted by molar-refractivity contribution is -0.132. The number of thiophene rings is 2. The zero-order chi connectivity index (χ0) is 24.9. The number of hydrogen-bond donors (Lipinski definition) is 1. The van der Waals surface area contributed by atoms with Crippen molar-refractivity contribution in [3.63, 3.8) is 0 Å². The van der Waals surface area contributed by atoms with Crippen molar-refractivity contribution >= 4 is 51.8 Å². The molecule has 0 fully saturated rings. The second-order valence-corrected chi connectivity index (χ2v) is 9.80. The number of carboxylic acid groups (broad SMARTS) is 1. The van der Waals surface area contributed by atoms with Gasteiger partial charge in [0.05, 0.1) is 6.57 Å². The maximum Gasteiger partial charge on any atom is 0.333 e. The van der Waals surface area contributed by atoms with E-state index in [-0.39, 0.29) is 5.70 Å². The standard InChI is InChI=1S/C28H18N4O2S2/c1-29-24(28(33)34)18-23-6-7-26(35-23)27-9-8-25(36-27)19-2-4-20(5-3-19)32(21-10-14-30-15-11-21)22-12-16-31-17-13-22/h2-18H,(H,33,34)/b24-18-. The Morgan fingerprint density at radius 2 is 1.28 bits per heavy atom. The summed E-state index contributed by atoms with van der Waals surface area (Å²) in [4.78, 5) is 28.6. The van der Waals surface area contributed by atoms with Crippen LogP contribution in [0.25, 0.3) is 31.1 Å². The van der Waals surface area contributed by atoms with Crippen LogP contribution < -0.4 is 4.90 Å². The third-order valence-electron chi connectivity index (χ3n) is 5.35. The van der Waals surface area contributed by atoms with Gasteiger partial charge in [0.1, 0.15) is 0 Å². The molecule has 5 aromatic rings. The number of carbonyl (C=O) groups is 1. The minimum Gasteiger partial charge on any atom is -0.486 e. The molecule has 0 unspecified atom stereocenters. The van der Waals surface area contributed by atoms with Gasteiger partial charge in [-0.2, -0.15) is 0 Å². The maximum atomic E-state index is 11.1. The predicted molar refractivity (Wildman–Crippen MR) is 146 cm³/mol. The first kappa shape index (κ1) is 23.2. The molecule has 4 heterocycles. The summed E-state index contributed by atoms with van der Waals surface area (Å²) in [6.45, 7) is 7.02. The molecule has 1 N–H and O–H groups in total. The van der Waals surface area contributed by atoms with Crippen LogP contribution in [0.15, 0.2) is 103 Å². The number of pyridine rings is 2. The summed E-state index contributed by atoms with van der Waals surface area (Å²) in [6.07, 6.45) is 8.53. The van der Waals surface area contributed by atoms with E-state index in [2.05, 4.69) is 56.1 Å². The van der Waals surface area contributed by atoms with Gasteiger partial charge in [0.2, 0.25) is 0 Å². The number of aliphatic carboxylic acids is 1. The van der Waals surface area contributed by atoms with Crippen LogP contribution in [-0.2, 0) is 4.79 Å². The van der Waals surface area contributed by atoms with Gasteiger partial charge in [-0.05, 0) is 72.3 Å². The molecule has 0 aliphatic heterocycles. The number of carboxylic acids is 1. The lowest BCUT2D eigenvalue weighted by Gasteiger charge is -2.25. The zero-order valence-electron chi connectivity index (χ0n) is 18.8. The van der Waals surface area contributed by atoms with Crippen LogP contribution >= 0.6 is 22.7 Å². The summed E-state index contributed by atoms with van der Waals surface area (Å²) in [5.74, 6) is -1.21. The van der Waals surface area contributed by atoms with E-state index < -0.39 is 5.97 Å². The van der Waals surface area contributed by atoms with Gasteiger partial charge in [-0.15, -0.1) is 22.7 Å². The molecular weight excluding hydrogens is 488 g/mol. The molecule has 174 valence electrons. The van der Waals surface area contributed by atoms with E-state index in [9.17, 15) is 4.79 Å². The fourth-order valence-corrected chi connectivity index (χ4v) is 5.72. The fourth-order valence-electron chi connectivity index (χ4n) is 3.67. The van der Waals surface area contributed by atoms with Crippen LogP contribution in [0.2, 0.25) is 0 Å². The average Bonchev–Trinajstić information content (AvgIpc) is 3.59.